The molecule has 1 saturated heterocycles. The molecule has 1 aliphatic heterocycles. The Labute approximate surface area is 166 Å². The van der Waals surface area contributed by atoms with Gasteiger partial charge >= 0.3 is 0 Å². The molecule has 0 N–H and O–H groups in total. The second-order valence-corrected chi connectivity index (χ2v) is 7.51. The maximum Gasteiger partial charge on any atom is 0.158 e. The molecule has 3 aromatic rings. The molecule has 3 heterocycles. The molecule has 1 aromatic carbocycles. The predicted octanol–water partition coefficient (Wildman–Crippen LogP) is 4.11. The van der Waals surface area contributed by atoms with Crippen LogP contribution in [0.25, 0.3) is 5.65 Å². The molecule has 5 nitrogen and oxygen atoms in total. The van der Waals surface area contributed by atoms with Crippen molar-refractivity contribution in [1.82, 2.24) is 19.5 Å². The Morgan fingerprint density at radius 1 is 1.04 bits per heavy atom. The minimum atomic E-state index is 0.446. The molecule has 1 aliphatic rings. The van der Waals surface area contributed by atoms with E-state index in [4.69, 9.17) is 39.5 Å². The highest BCUT2D eigenvalue weighted by molar-refractivity contribution is 6.35. The molecular weight excluding hydrogens is 395 g/mol. The van der Waals surface area contributed by atoms with Crippen molar-refractivity contribution >= 4 is 40.4 Å². The van der Waals surface area contributed by atoms with E-state index in [1.807, 2.05) is 28.9 Å². The zero-order valence-electron chi connectivity index (χ0n) is 14.0. The smallest absolute Gasteiger partial charge is 0.158 e. The largest absolute Gasteiger partial charge is 0.379 e. The van der Waals surface area contributed by atoms with Crippen LogP contribution in [0, 0.1) is 0 Å². The van der Waals surface area contributed by atoms with Gasteiger partial charge in [0.05, 0.1) is 25.1 Å². The van der Waals surface area contributed by atoms with E-state index >= 15 is 0 Å². The molecule has 8 heteroatoms. The molecule has 0 aliphatic carbocycles. The first kappa shape index (κ1) is 18.0. The topological polar surface area (TPSA) is 42.7 Å². The lowest BCUT2D eigenvalue weighted by molar-refractivity contribution is 0.0343. The molecule has 26 heavy (non-hydrogen) atoms. The number of aromatic nitrogens is 3. The average Bonchev–Trinajstić information content (AvgIpc) is 3.01. The summed E-state index contributed by atoms with van der Waals surface area (Å²) in [5, 5.41) is 6.13. The number of rotatable bonds is 4. The maximum absolute atomic E-state index is 6.31. The third kappa shape index (κ3) is 3.82. The minimum Gasteiger partial charge on any atom is -0.379 e. The summed E-state index contributed by atoms with van der Waals surface area (Å²) >= 11 is 18.6. The summed E-state index contributed by atoms with van der Waals surface area (Å²) in [6, 6.07) is 7.38. The van der Waals surface area contributed by atoms with Crippen LogP contribution in [0.15, 0.2) is 30.5 Å². The van der Waals surface area contributed by atoms with Crippen LogP contribution in [-0.4, -0.2) is 45.8 Å². The number of fused-ring (bicyclic) bond motifs is 1. The molecular formula is C18H17Cl3N4O. The predicted molar refractivity (Wildman–Crippen MR) is 103 cm³/mol. The lowest BCUT2D eigenvalue weighted by Gasteiger charge is -2.26. The molecule has 1 fully saturated rings. The summed E-state index contributed by atoms with van der Waals surface area (Å²) in [7, 11) is 0. The number of imidazole rings is 1. The van der Waals surface area contributed by atoms with E-state index in [0.29, 0.717) is 21.6 Å². The minimum absolute atomic E-state index is 0.446. The van der Waals surface area contributed by atoms with E-state index in [1.54, 1.807) is 6.07 Å². The number of nitrogens with zero attached hydrogens (tertiary/aromatic N) is 4. The van der Waals surface area contributed by atoms with Gasteiger partial charge in [0.2, 0.25) is 0 Å². The number of ether oxygens (including phenoxy) is 1. The van der Waals surface area contributed by atoms with Crippen molar-refractivity contribution in [1.29, 1.82) is 0 Å². The van der Waals surface area contributed by atoms with Crippen molar-refractivity contribution in [3.63, 3.8) is 0 Å². The van der Waals surface area contributed by atoms with Gasteiger partial charge in [0.1, 0.15) is 0 Å². The van der Waals surface area contributed by atoms with Gasteiger partial charge in [0.25, 0.3) is 0 Å². The number of hydrogen-bond acceptors (Lipinski definition) is 4. The Hall–Kier alpha value is -1.37. The van der Waals surface area contributed by atoms with E-state index in [9.17, 15) is 0 Å². The highest BCUT2D eigenvalue weighted by Crippen LogP contribution is 2.25. The number of morpholine rings is 1. The summed E-state index contributed by atoms with van der Waals surface area (Å²) in [4.78, 5) is 6.92. The molecule has 136 valence electrons. The molecule has 0 saturated carbocycles. The Balaban J connectivity index is 1.66. The fourth-order valence-electron chi connectivity index (χ4n) is 3.14. The van der Waals surface area contributed by atoms with Crippen molar-refractivity contribution in [2.24, 2.45) is 0 Å². The zero-order valence-corrected chi connectivity index (χ0v) is 16.2. The fourth-order valence-corrected chi connectivity index (χ4v) is 3.82. The SMILES string of the molecule is Clc1ccc(Cc2cnc3c(CN4CCOCC4)cc(Cl)nn23)c(Cl)c1. The maximum atomic E-state index is 6.31. The standard InChI is InChI=1S/C18H17Cl3N4O/c19-14-2-1-12(16(20)9-14)7-15-10-22-18-13(8-17(21)23-25(15)18)11-24-3-5-26-6-4-24/h1-2,8-10H,3-7,11H2. The van der Waals surface area contributed by atoms with Gasteiger partial charge < -0.3 is 4.74 Å². The van der Waals surface area contributed by atoms with E-state index in [-0.39, 0.29) is 0 Å². The molecule has 0 atom stereocenters. The van der Waals surface area contributed by atoms with Gasteiger partial charge in [0.15, 0.2) is 10.8 Å². The fraction of sp³-hybridized carbons (Fsp3) is 0.333. The number of hydrogen-bond donors (Lipinski definition) is 0. The van der Waals surface area contributed by atoms with E-state index in [1.165, 1.54) is 0 Å². The van der Waals surface area contributed by atoms with Gasteiger partial charge in [0, 0.05) is 41.7 Å². The second-order valence-electron chi connectivity index (χ2n) is 6.28. The summed E-state index contributed by atoms with van der Waals surface area (Å²) in [6.45, 7) is 4.08. The molecule has 4 rings (SSSR count). The van der Waals surface area contributed by atoms with Crippen LogP contribution in [0.3, 0.4) is 0 Å². The number of benzene rings is 1. The van der Waals surface area contributed by atoms with Gasteiger partial charge in [-0.15, -0.1) is 0 Å². The third-order valence-corrected chi connectivity index (χ3v) is 5.24. The Kier molecular flexibility index (Phi) is 5.34. The summed E-state index contributed by atoms with van der Waals surface area (Å²) in [5.74, 6) is 0. The molecule has 0 spiro atoms. The normalized spacial score (nSPS) is 15.7. The first-order chi connectivity index (χ1) is 12.6. The van der Waals surface area contributed by atoms with Gasteiger partial charge in [-0.1, -0.05) is 40.9 Å². The van der Waals surface area contributed by atoms with Gasteiger partial charge in [-0.3, -0.25) is 4.90 Å². The Morgan fingerprint density at radius 2 is 1.85 bits per heavy atom. The van der Waals surface area contributed by atoms with Crippen molar-refractivity contribution in [3.05, 3.63) is 62.5 Å². The lowest BCUT2D eigenvalue weighted by Crippen LogP contribution is -2.35. The van der Waals surface area contributed by atoms with E-state index < -0.39 is 0 Å². The van der Waals surface area contributed by atoms with E-state index in [0.717, 1.165) is 55.3 Å². The first-order valence-corrected chi connectivity index (χ1v) is 9.49. The summed E-state index contributed by atoms with van der Waals surface area (Å²) in [5.41, 5.74) is 3.77. The van der Waals surface area contributed by atoms with E-state index in [2.05, 4.69) is 15.0 Å². The molecule has 0 unspecified atom stereocenters. The molecule has 0 radical (unpaired) electrons. The van der Waals surface area contributed by atoms with Crippen molar-refractivity contribution in [2.45, 2.75) is 13.0 Å². The van der Waals surface area contributed by atoms with Crippen molar-refractivity contribution in [3.8, 4) is 0 Å². The quantitative estimate of drug-likeness (QED) is 0.648. The van der Waals surface area contributed by atoms with Crippen LogP contribution >= 0.6 is 34.8 Å². The van der Waals surface area contributed by atoms with Crippen LogP contribution in [0.4, 0.5) is 0 Å². The number of halogens is 3. The first-order valence-electron chi connectivity index (χ1n) is 8.36. The second kappa shape index (κ2) is 7.71. The summed E-state index contributed by atoms with van der Waals surface area (Å²) < 4.78 is 7.22. The van der Waals surface area contributed by atoms with Gasteiger partial charge in [-0.05, 0) is 23.8 Å². The highest BCUT2D eigenvalue weighted by Gasteiger charge is 2.17. The van der Waals surface area contributed by atoms with Crippen LogP contribution in [-0.2, 0) is 17.7 Å². The van der Waals surface area contributed by atoms with Crippen LogP contribution < -0.4 is 0 Å². The zero-order chi connectivity index (χ0) is 18.1. The Morgan fingerprint density at radius 3 is 2.62 bits per heavy atom. The van der Waals surface area contributed by atoms with Crippen molar-refractivity contribution in [2.75, 3.05) is 26.3 Å². The highest BCUT2D eigenvalue weighted by atomic mass is 35.5. The average molecular weight is 412 g/mol. The third-order valence-electron chi connectivity index (χ3n) is 4.47. The monoisotopic (exact) mass is 410 g/mol. The van der Waals surface area contributed by atoms with Crippen LogP contribution in [0.5, 0.6) is 0 Å². The van der Waals surface area contributed by atoms with Crippen LogP contribution in [0.1, 0.15) is 16.8 Å². The molecule has 2 aromatic heterocycles. The summed E-state index contributed by atoms with van der Waals surface area (Å²) in [6.07, 6.45) is 2.42. The lowest BCUT2D eigenvalue weighted by atomic mass is 10.1. The molecule has 0 bridgehead atoms. The van der Waals surface area contributed by atoms with Gasteiger partial charge in [-0.25, -0.2) is 9.50 Å². The molecule has 0 amide bonds. The van der Waals surface area contributed by atoms with Crippen LogP contribution in [0.2, 0.25) is 15.2 Å². The van der Waals surface area contributed by atoms with Crippen molar-refractivity contribution < 1.29 is 4.74 Å². The Bertz CT molecular complexity index is 938. The van der Waals surface area contributed by atoms with Gasteiger partial charge in [-0.2, -0.15) is 5.10 Å².